The first-order valence-corrected chi connectivity index (χ1v) is 9.03. The fraction of sp³-hybridized carbons (Fsp3) is 0.300. The Morgan fingerprint density at radius 3 is 2.92 bits per heavy atom. The normalized spacial score (nSPS) is 15.3. The Balaban J connectivity index is 1.88. The third-order valence-electron chi connectivity index (χ3n) is 4.24. The van der Waals surface area contributed by atoms with E-state index in [-0.39, 0.29) is 18.5 Å². The number of fused-ring (bicyclic) bond motifs is 1. The van der Waals surface area contributed by atoms with Crippen molar-refractivity contribution in [1.29, 1.82) is 5.26 Å². The van der Waals surface area contributed by atoms with Crippen LogP contribution in [0.3, 0.4) is 0 Å². The molecule has 0 saturated heterocycles. The lowest BCUT2D eigenvalue weighted by molar-refractivity contribution is -0.142. The predicted octanol–water partition coefficient (Wildman–Crippen LogP) is 4.49. The molecule has 0 radical (unpaired) electrons. The van der Waals surface area contributed by atoms with Gasteiger partial charge in [-0.05, 0) is 55.2 Å². The fourth-order valence-corrected chi connectivity index (χ4v) is 3.44. The van der Waals surface area contributed by atoms with Crippen LogP contribution in [0.2, 0.25) is 0 Å². The van der Waals surface area contributed by atoms with E-state index in [1.807, 2.05) is 6.07 Å². The van der Waals surface area contributed by atoms with Crippen LogP contribution in [0.4, 0.5) is 0 Å². The minimum absolute atomic E-state index is 0.0811. The topological polar surface area (TPSA) is 59.3 Å². The Bertz CT molecular complexity index is 841. The lowest BCUT2D eigenvalue weighted by Crippen LogP contribution is -2.11. The van der Waals surface area contributed by atoms with Crippen molar-refractivity contribution in [3.63, 3.8) is 0 Å². The zero-order valence-corrected chi connectivity index (χ0v) is 15.5. The zero-order valence-electron chi connectivity index (χ0n) is 13.9. The zero-order chi connectivity index (χ0) is 17.8. The van der Waals surface area contributed by atoms with Crippen LogP contribution in [-0.4, -0.2) is 12.6 Å². The Hall–Kier alpha value is -2.32. The number of rotatable bonds is 5. The second-order valence-corrected chi connectivity index (χ2v) is 6.82. The molecule has 0 aromatic heterocycles. The van der Waals surface area contributed by atoms with Gasteiger partial charge in [0.25, 0.3) is 0 Å². The van der Waals surface area contributed by atoms with Crippen molar-refractivity contribution in [2.24, 2.45) is 0 Å². The second-order valence-electron chi connectivity index (χ2n) is 5.90. The lowest BCUT2D eigenvalue weighted by atomic mass is 10.1. The molecular formula is C20H18BrNO3. The number of hydrogen-bond donors (Lipinski definition) is 0. The number of carbonyl (C=O) groups excluding carboxylic acids is 1. The summed E-state index contributed by atoms with van der Waals surface area (Å²) in [6, 6.07) is 13.5. The van der Waals surface area contributed by atoms with Gasteiger partial charge in [0, 0.05) is 10.0 Å². The molecular weight excluding hydrogens is 382 g/mol. The van der Waals surface area contributed by atoms with Crippen LogP contribution in [0.1, 0.15) is 41.7 Å². The number of nitriles is 1. The molecule has 2 aromatic carbocycles. The van der Waals surface area contributed by atoms with E-state index < -0.39 is 0 Å². The fourth-order valence-electron chi connectivity index (χ4n) is 3.06. The Labute approximate surface area is 155 Å². The van der Waals surface area contributed by atoms with Gasteiger partial charge < -0.3 is 9.47 Å². The summed E-state index contributed by atoms with van der Waals surface area (Å²) in [5.74, 6) is 0.275. The highest BCUT2D eigenvalue weighted by atomic mass is 79.9. The van der Waals surface area contributed by atoms with E-state index in [1.165, 1.54) is 5.56 Å². The largest absolute Gasteiger partial charge is 0.485 e. The van der Waals surface area contributed by atoms with Crippen molar-refractivity contribution in [3.05, 3.63) is 63.1 Å². The van der Waals surface area contributed by atoms with Crippen molar-refractivity contribution >= 4 is 21.9 Å². The average Bonchev–Trinajstić information content (AvgIpc) is 2.98. The number of esters is 1. The SMILES string of the molecule is CCOC(=O)Cc1ccc(C#N)cc1O[C@@H]1CCc2ccc(Br)cc21. The van der Waals surface area contributed by atoms with Gasteiger partial charge >= 0.3 is 5.97 Å². The highest BCUT2D eigenvalue weighted by Crippen LogP contribution is 2.37. The van der Waals surface area contributed by atoms with Gasteiger partial charge in [0.15, 0.2) is 0 Å². The van der Waals surface area contributed by atoms with Crippen LogP contribution in [0.15, 0.2) is 40.9 Å². The summed E-state index contributed by atoms with van der Waals surface area (Å²) in [6.07, 6.45) is 1.88. The third-order valence-corrected chi connectivity index (χ3v) is 4.73. The first kappa shape index (κ1) is 17.5. The Morgan fingerprint density at radius 1 is 1.32 bits per heavy atom. The molecule has 0 heterocycles. The van der Waals surface area contributed by atoms with Gasteiger partial charge in [0.2, 0.25) is 0 Å². The van der Waals surface area contributed by atoms with Crippen molar-refractivity contribution in [1.82, 2.24) is 0 Å². The van der Waals surface area contributed by atoms with Gasteiger partial charge in [-0.3, -0.25) is 4.79 Å². The molecule has 1 atom stereocenters. The van der Waals surface area contributed by atoms with E-state index in [1.54, 1.807) is 25.1 Å². The summed E-state index contributed by atoms with van der Waals surface area (Å²) in [5, 5.41) is 9.17. The molecule has 0 N–H and O–H groups in total. The third kappa shape index (κ3) is 4.02. The van der Waals surface area contributed by atoms with E-state index in [9.17, 15) is 10.1 Å². The maximum Gasteiger partial charge on any atom is 0.310 e. The summed E-state index contributed by atoms with van der Waals surface area (Å²) in [6.45, 7) is 2.12. The quantitative estimate of drug-likeness (QED) is 0.694. The predicted molar refractivity (Wildman–Crippen MR) is 97.3 cm³/mol. The van der Waals surface area contributed by atoms with Gasteiger partial charge in [0.05, 0.1) is 24.7 Å². The molecule has 0 fully saturated rings. The van der Waals surface area contributed by atoms with Gasteiger partial charge in [0.1, 0.15) is 11.9 Å². The molecule has 0 saturated carbocycles. The molecule has 0 bridgehead atoms. The van der Waals surface area contributed by atoms with Crippen molar-refractivity contribution < 1.29 is 14.3 Å². The number of halogens is 1. The number of hydrogen-bond acceptors (Lipinski definition) is 4. The molecule has 2 aromatic rings. The molecule has 4 nitrogen and oxygen atoms in total. The molecule has 0 unspecified atom stereocenters. The standard InChI is InChI=1S/C20H18BrNO3/c1-2-24-20(23)10-15-4-3-13(12-22)9-19(15)25-18-8-6-14-5-7-16(21)11-17(14)18/h3-5,7,9,11,18H,2,6,8,10H2,1H3/t18-/m1/s1. The maximum atomic E-state index is 11.9. The van der Waals surface area contributed by atoms with Crippen molar-refractivity contribution in [2.45, 2.75) is 32.3 Å². The summed E-state index contributed by atoms with van der Waals surface area (Å²) in [5.41, 5.74) is 3.67. The van der Waals surface area contributed by atoms with Crippen molar-refractivity contribution in [3.8, 4) is 11.8 Å². The molecule has 25 heavy (non-hydrogen) atoms. The van der Waals surface area contributed by atoms with Crippen LogP contribution in [0.25, 0.3) is 0 Å². The highest BCUT2D eigenvalue weighted by Gasteiger charge is 2.25. The molecule has 3 rings (SSSR count). The molecule has 0 amide bonds. The molecule has 1 aliphatic carbocycles. The van der Waals surface area contributed by atoms with Crippen LogP contribution < -0.4 is 4.74 Å². The molecule has 128 valence electrons. The monoisotopic (exact) mass is 399 g/mol. The van der Waals surface area contributed by atoms with Gasteiger partial charge in [-0.25, -0.2) is 0 Å². The summed E-state index contributed by atoms with van der Waals surface area (Å²) >= 11 is 3.51. The van der Waals surface area contributed by atoms with Crippen LogP contribution in [0, 0.1) is 11.3 Å². The van der Waals surface area contributed by atoms with E-state index in [0.29, 0.717) is 17.9 Å². The van der Waals surface area contributed by atoms with Gasteiger partial charge in [-0.15, -0.1) is 0 Å². The molecule has 0 spiro atoms. The number of ether oxygens (including phenoxy) is 2. The Kier molecular flexibility index (Phi) is 5.40. The van der Waals surface area contributed by atoms with Gasteiger partial charge in [-0.1, -0.05) is 28.1 Å². The number of nitrogens with zero attached hydrogens (tertiary/aromatic N) is 1. The number of aryl methyl sites for hydroxylation is 1. The number of benzene rings is 2. The van der Waals surface area contributed by atoms with E-state index in [2.05, 4.69) is 34.1 Å². The average molecular weight is 400 g/mol. The molecule has 1 aliphatic rings. The van der Waals surface area contributed by atoms with Crippen molar-refractivity contribution in [2.75, 3.05) is 6.61 Å². The van der Waals surface area contributed by atoms with E-state index >= 15 is 0 Å². The molecule has 5 heteroatoms. The van der Waals surface area contributed by atoms with E-state index in [0.717, 1.165) is 28.4 Å². The summed E-state index contributed by atoms with van der Waals surface area (Å²) < 4.78 is 12.3. The Morgan fingerprint density at radius 2 is 2.16 bits per heavy atom. The summed E-state index contributed by atoms with van der Waals surface area (Å²) in [7, 11) is 0. The van der Waals surface area contributed by atoms with Crippen LogP contribution in [-0.2, 0) is 22.4 Å². The van der Waals surface area contributed by atoms with Crippen LogP contribution in [0.5, 0.6) is 5.75 Å². The maximum absolute atomic E-state index is 11.9. The first-order chi connectivity index (χ1) is 12.1. The smallest absolute Gasteiger partial charge is 0.310 e. The molecule has 0 aliphatic heterocycles. The lowest BCUT2D eigenvalue weighted by Gasteiger charge is -2.18. The van der Waals surface area contributed by atoms with Crippen LogP contribution >= 0.6 is 15.9 Å². The second kappa shape index (κ2) is 7.71. The highest BCUT2D eigenvalue weighted by molar-refractivity contribution is 9.10. The first-order valence-electron chi connectivity index (χ1n) is 8.24. The summed E-state index contributed by atoms with van der Waals surface area (Å²) in [4.78, 5) is 11.9. The van der Waals surface area contributed by atoms with E-state index in [4.69, 9.17) is 9.47 Å². The van der Waals surface area contributed by atoms with Gasteiger partial charge in [-0.2, -0.15) is 5.26 Å². The number of carbonyl (C=O) groups is 1. The minimum Gasteiger partial charge on any atom is -0.485 e. The minimum atomic E-state index is -0.299.